The van der Waals surface area contributed by atoms with Crippen molar-refractivity contribution in [2.45, 2.75) is 0 Å². The maximum Gasteiger partial charge on any atom is 0.211 e. The number of methoxy groups -OCH3 is 3. The minimum Gasteiger partial charge on any atom is -0.508 e. The molecule has 138 valence electrons. The van der Waals surface area contributed by atoms with E-state index in [1.165, 1.54) is 21.3 Å². The number of ketones is 1. The second kappa shape index (κ2) is 7.78. The van der Waals surface area contributed by atoms with Crippen LogP contribution >= 0.6 is 0 Å². The summed E-state index contributed by atoms with van der Waals surface area (Å²) in [6.45, 7) is 0. The van der Waals surface area contributed by atoms with Crippen molar-refractivity contribution in [3.05, 3.63) is 65.9 Å². The largest absolute Gasteiger partial charge is 0.508 e. The van der Waals surface area contributed by atoms with Crippen molar-refractivity contribution in [1.82, 2.24) is 4.98 Å². The summed E-state index contributed by atoms with van der Waals surface area (Å²) in [7, 11) is 4.49. The van der Waals surface area contributed by atoms with E-state index in [4.69, 9.17) is 14.2 Å². The fourth-order valence-electron chi connectivity index (χ4n) is 2.75. The van der Waals surface area contributed by atoms with Crippen molar-refractivity contribution in [2.75, 3.05) is 21.3 Å². The number of phenols is 1. The fraction of sp³-hybridized carbons (Fsp3) is 0.143. The van der Waals surface area contributed by atoms with Crippen LogP contribution in [0.2, 0.25) is 0 Å². The van der Waals surface area contributed by atoms with Gasteiger partial charge in [0.1, 0.15) is 11.4 Å². The van der Waals surface area contributed by atoms with Gasteiger partial charge in [-0.3, -0.25) is 4.79 Å². The van der Waals surface area contributed by atoms with E-state index in [2.05, 4.69) is 4.98 Å². The molecule has 0 unspecified atom stereocenters. The number of hydrogen-bond acceptors (Lipinski definition) is 6. The summed E-state index contributed by atoms with van der Waals surface area (Å²) < 4.78 is 15.9. The van der Waals surface area contributed by atoms with Crippen LogP contribution in [0.5, 0.6) is 23.0 Å². The van der Waals surface area contributed by atoms with E-state index in [0.717, 1.165) is 5.56 Å². The Morgan fingerprint density at radius 3 is 2.15 bits per heavy atom. The molecule has 2 aromatic carbocycles. The molecule has 0 aliphatic rings. The lowest BCUT2D eigenvalue weighted by Crippen LogP contribution is -2.06. The van der Waals surface area contributed by atoms with Gasteiger partial charge in [-0.1, -0.05) is 18.2 Å². The van der Waals surface area contributed by atoms with E-state index < -0.39 is 0 Å². The van der Waals surface area contributed by atoms with Crippen molar-refractivity contribution in [2.24, 2.45) is 0 Å². The van der Waals surface area contributed by atoms with E-state index in [9.17, 15) is 9.90 Å². The van der Waals surface area contributed by atoms with Crippen molar-refractivity contribution in [3.63, 3.8) is 0 Å². The Kier molecular flexibility index (Phi) is 5.26. The Morgan fingerprint density at radius 1 is 0.889 bits per heavy atom. The van der Waals surface area contributed by atoms with E-state index >= 15 is 0 Å². The number of rotatable bonds is 6. The number of phenolic OH excluding ortho intramolecular Hbond substituents is 1. The Morgan fingerprint density at radius 2 is 1.56 bits per heavy atom. The van der Waals surface area contributed by atoms with Crippen LogP contribution in [-0.4, -0.2) is 37.2 Å². The molecule has 3 rings (SSSR count). The predicted molar refractivity (Wildman–Crippen MR) is 101 cm³/mol. The fourth-order valence-corrected chi connectivity index (χ4v) is 2.75. The molecule has 0 amide bonds. The summed E-state index contributed by atoms with van der Waals surface area (Å²) in [5.74, 6) is 1.05. The highest BCUT2D eigenvalue weighted by Crippen LogP contribution is 2.38. The van der Waals surface area contributed by atoms with E-state index in [-0.39, 0.29) is 17.2 Å². The molecule has 0 bridgehead atoms. The molecule has 0 aliphatic heterocycles. The molecule has 1 N–H and O–H groups in total. The monoisotopic (exact) mass is 365 g/mol. The number of benzene rings is 2. The van der Waals surface area contributed by atoms with Gasteiger partial charge in [-0.05, 0) is 36.4 Å². The first-order valence-corrected chi connectivity index (χ1v) is 8.18. The molecule has 6 heteroatoms. The smallest absolute Gasteiger partial charge is 0.211 e. The molecule has 0 aliphatic carbocycles. The highest BCUT2D eigenvalue weighted by atomic mass is 16.5. The quantitative estimate of drug-likeness (QED) is 0.671. The topological polar surface area (TPSA) is 77.9 Å². The molecule has 0 radical (unpaired) electrons. The second-order valence-corrected chi connectivity index (χ2v) is 5.70. The highest BCUT2D eigenvalue weighted by molar-refractivity contribution is 6.08. The molecule has 3 aromatic rings. The first-order valence-electron chi connectivity index (χ1n) is 8.18. The van der Waals surface area contributed by atoms with Crippen LogP contribution in [0.1, 0.15) is 16.1 Å². The summed E-state index contributed by atoms with van der Waals surface area (Å²) >= 11 is 0. The van der Waals surface area contributed by atoms with E-state index in [1.807, 2.05) is 6.07 Å². The predicted octanol–water partition coefficient (Wildman–Crippen LogP) is 3.71. The number of aromatic hydroxyl groups is 1. The van der Waals surface area contributed by atoms with Gasteiger partial charge in [0.2, 0.25) is 11.5 Å². The number of hydrogen-bond donors (Lipinski definition) is 1. The van der Waals surface area contributed by atoms with Crippen LogP contribution in [-0.2, 0) is 0 Å². The Labute approximate surface area is 157 Å². The summed E-state index contributed by atoms with van der Waals surface area (Å²) in [5.41, 5.74) is 1.94. The van der Waals surface area contributed by atoms with Crippen LogP contribution < -0.4 is 14.2 Å². The van der Waals surface area contributed by atoms with Crippen molar-refractivity contribution < 1.29 is 24.1 Å². The minimum absolute atomic E-state index is 0.135. The number of pyridine rings is 1. The maximum atomic E-state index is 13.0. The van der Waals surface area contributed by atoms with Crippen LogP contribution in [0.15, 0.2) is 54.6 Å². The zero-order valence-electron chi connectivity index (χ0n) is 15.2. The standard InChI is InChI=1S/C21H19NO5/c1-25-18-11-14(12-19(26-2)21(18)27-3)20(24)17-9-5-8-16(22-17)13-6-4-7-15(23)10-13/h4-12,23H,1-3H3. The molecule has 0 spiro atoms. The van der Waals surface area contributed by atoms with Gasteiger partial charge in [0, 0.05) is 11.1 Å². The van der Waals surface area contributed by atoms with Crippen LogP contribution in [0.25, 0.3) is 11.3 Å². The number of nitrogens with zero attached hydrogens (tertiary/aromatic N) is 1. The zero-order valence-corrected chi connectivity index (χ0v) is 15.2. The lowest BCUT2D eigenvalue weighted by atomic mass is 10.0. The van der Waals surface area contributed by atoms with Gasteiger partial charge < -0.3 is 19.3 Å². The number of ether oxygens (including phenoxy) is 3. The van der Waals surface area contributed by atoms with Crippen molar-refractivity contribution in [1.29, 1.82) is 0 Å². The lowest BCUT2D eigenvalue weighted by Gasteiger charge is -2.13. The Bertz CT molecular complexity index is 959. The van der Waals surface area contributed by atoms with Gasteiger partial charge in [0.05, 0.1) is 27.0 Å². The molecular weight excluding hydrogens is 346 g/mol. The molecule has 0 saturated carbocycles. The number of carbonyl (C=O) groups excluding carboxylic acids is 1. The molecular formula is C21H19NO5. The third-order valence-corrected chi connectivity index (χ3v) is 4.05. The molecule has 1 aromatic heterocycles. The molecule has 0 fully saturated rings. The van der Waals surface area contributed by atoms with Gasteiger partial charge in [-0.25, -0.2) is 4.98 Å². The van der Waals surface area contributed by atoms with Crippen LogP contribution in [0.4, 0.5) is 0 Å². The molecule has 0 atom stereocenters. The normalized spacial score (nSPS) is 10.3. The average Bonchev–Trinajstić information content (AvgIpc) is 2.72. The average molecular weight is 365 g/mol. The second-order valence-electron chi connectivity index (χ2n) is 5.70. The SMILES string of the molecule is COc1cc(C(=O)c2cccc(-c3cccc(O)c3)n2)cc(OC)c1OC. The Hall–Kier alpha value is -3.54. The zero-order chi connectivity index (χ0) is 19.4. The lowest BCUT2D eigenvalue weighted by molar-refractivity contribution is 0.103. The van der Waals surface area contributed by atoms with E-state index in [1.54, 1.807) is 48.5 Å². The van der Waals surface area contributed by atoms with Gasteiger partial charge in [0.25, 0.3) is 0 Å². The van der Waals surface area contributed by atoms with Gasteiger partial charge >= 0.3 is 0 Å². The highest BCUT2D eigenvalue weighted by Gasteiger charge is 2.19. The minimum atomic E-state index is -0.281. The third kappa shape index (κ3) is 3.69. The van der Waals surface area contributed by atoms with Gasteiger partial charge in [0.15, 0.2) is 11.5 Å². The number of aromatic nitrogens is 1. The van der Waals surface area contributed by atoms with Gasteiger partial charge in [-0.15, -0.1) is 0 Å². The van der Waals surface area contributed by atoms with Gasteiger partial charge in [-0.2, -0.15) is 0 Å². The van der Waals surface area contributed by atoms with Crippen molar-refractivity contribution >= 4 is 5.78 Å². The van der Waals surface area contributed by atoms with Crippen LogP contribution in [0.3, 0.4) is 0 Å². The maximum absolute atomic E-state index is 13.0. The van der Waals surface area contributed by atoms with Crippen LogP contribution in [0, 0.1) is 0 Å². The molecule has 27 heavy (non-hydrogen) atoms. The summed E-state index contributed by atoms with van der Waals surface area (Å²) in [4.78, 5) is 17.4. The summed E-state index contributed by atoms with van der Waals surface area (Å²) in [6.07, 6.45) is 0. The van der Waals surface area contributed by atoms with E-state index in [0.29, 0.717) is 28.5 Å². The Balaban J connectivity index is 2.03. The first-order chi connectivity index (χ1) is 13.1. The summed E-state index contributed by atoms with van der Waals surface area (Å²) in [6, 6.07) is 15.1. The third-order valence-electron chi connectivity index (χ3n) is 4.05. The number of carbonyl (C=O) groups is 1. The molecule has 0 saturated heterocycles. The first kappa shape index (κ1) is 18.3. The molecule has 1 heterocycles. The summed E-state index contributed by atoms with van der Waals surface area (Å²) in [5, 5.41) is 9.66. The van der Waals surface area contributed by atoms with Crippen molar-refractivity contribution in [3.8, 4) is 34.3 Å². The molecule has 6 nitrogen and oxygen atoms in total.